The fourth-order valence-corrected chi connectivity index (χ4v) is 2.98. The molecule has 2 heterocycles. The Hall–Kier alpha value is -1.65. The van der Waals surface area contributed by atoms with Gasteiger partial charge in [0.25, 0.3) is 0 Å². The zero-order valence-corrected chi connectivity index (χ0v) is 14.3. The van der Waals surface area contributed by atoms with Gasteiger partial charge in [-0.1, -0.05) is 45.0 Å². The second kappa shape index (κ2) is 6.46. The number of ether oxygens (including phenoxy) is 2. The highest BCUT2D eigenvalue weighted by molar-refractivity contribution is 5.28. The molecular formula is C19H26N2O2. The second-order valence-corrected chi connectivity index (χ2v) is 7.28. The summed E-state index contributed by atoms with van der Waals surface area (Å²) in [5.74, 6) is -0.506. The van der Waals surface area contributed by atoms with Crippen molar-refractivity contribution in [2.24, 2.45) is 0 Å². The molecular weight excluding hydrogens is 288 g/mol. The van der Waals surface area contributed by atoms with Gasteiger partial charge in [0.15, 0.2) is 5.79 Å². The number of nitrogens with zero attached hydrogens (tertiary/aromatic N) is 2. The van der Waals surface area contributed by atoms with E-state index in [1.807, 2.05) is 12.5 Å². The lowest BCUT2D eigenvalue weighted by Gasteiger charge is -2.28. The Bertz CT molecular complexity index is 606. The monoisotopic (exact) mass is 314 g/mol. The molecule has 1 aliphatic heterocycles. The highest BCUT2D eigenvalue weighted by Gasteiger charge is 2.36. The van der Waals surface area contributed by atoms with Gasteiger partial charge in [0.05, 0.1) is 19.5 Å². The number of aromatic nitrogens is 2. The van der Waals surface area contributed by atoms with E-state index in [4.69, 9.17) is 9.47 Å². The van der Waals surface area contributed by atoms with Gasteiger partial charge in [-0.15, -0.1) is 0 Å². The summed E-state index contributed by atoms with van der Waals surface area (Å²) in [7, 11) is 0. The van der Waals surface area contributed by atoms with Crippen LogP contribution in [0.2, 0.25) is 0 Å². The molecule has 23 heavy (non-hydrogen) atoms. The van der Waals surface area contributed by atoms with Crippen LogP contribution in [-0.2, 0) is 27.9 Å². The van der Waals surface area contributed by atoms with E-state index in [2.05, 4.69) is 54.6 Å². The Morgan fingerprint density at radius 1 is 1.13 bits per heavy atom. The lowest BCUT2D eigenvalue weighted by atomic mass is 9.86. The van der Waals surface area contributed by atoms with E-state index >= 15 is 0 Å². The van der Waals surface area contributed by atoms with Gasteiger partial charge >= 0.3 is 0 Å². The van der Waals surface area contributed by atoms with E-state index in [0.29, 0.717) is 13.2 Å². The fourth-order valence-electron chi connectivity index (χ4n) is 2.98. The maximum Gasteiger partial charge on any atom is 0.174 e. The van der Waals surface area contributed by atoms with Gasteiger partial charge in [0, 0.05) is 31.8 Å². The Morgan fingerprint density at radius 3 is 2.39 bits per heavy atom. The summed E-state index contributed by atoms with van der Waals surface area (Å²) < 4.78 is 14.0. The zero-order chi connectivity index (χ0) is 16.3. The third-order valence-electron chi connectivity index (χ3n) is 4.42. The van der Waals surface area contributed by atoms with Crippen molar-refractivity contribution in [1.82, 2.24) is 9.55 Å². The fraction of sp³-hybridized carbons (Fsp3) is 0.526. The molecule has 0 bridgehead atoms. The minimum atomic E-state index is -0.506. The molecule has 0 saturated carbocycles. The van der Waals surface area contributed by atoms with Gasteiger partial charge in [-0.25, -0.2) is 4.98 Å². The Balaban J connectivity index is 1.69. The molecule has 124 valence electrons. The third kappa shape index (κ3) is 4.01. The summed E-state index contributed by atoms with van der Waals surface area (Å²) in [5.41, 5.74) is 2.78. The second-order valence-electron chi connectivity index (χ2n) is 7.28. The minimum Gasteiger partial charge on any atom is -0.347 e. The van der Waals surface area contributed by atoms with Crippen molar-refractivity contribution in [3.63, 3.8) is 0 Å². The van der Waals surface area contributed by atoms with Gasteiger partial charge in [0.1, 0.15) is 0 Å². The molecule has 0 atom stereocenters. The van der Waals surface area contributed by atoms with Crippen molar-refractivity contribution in [2.45, 2.75) is 51.4 Å². The average Bonchev–Trinajstić information content (AvgIpc) is 3.17. The summed E-state index contributed by atoms with van der Waals surface area (Å²) in [4.78, 5) is 4.09. The average molecular weight is 314 g/mol. The van der Waals surface area contributed by atoms with Crippen molar-refractivity contribution in [1.29, 1.82) is 0 Å². The van der Waals surface area contributed by atoms with Crippen LogP contribution >= 0.6 is 0 Å². The first-order chi connectivity index (χ1) is 11.0. The Morgan fingerprint density at radius 2 is 1.83 bits per heavy atom. The molecule has 1 aliphatic rings. The quantitative estimate of drug-likeness (QED) is 0.846. The van der Waals surface area contributed by atoms with Crippen molar-refractivity contribution < 1.29 is 9.47 Å². The molecule has 0 unspecified atom stereocenters. The highest BCUT2D eigenvalue weighted by Crippen LogP contribution is 2.30. The molecule has 1 aromatic carbocycles. The van der Waals surface area contributed by atoms with E-state index in [1.165, 1.54) is 11.1 Å². The van der Waals surface area contributed by atoms with Gasteiger partial charge in [-0.3, -0.25) is 0 Å². The van der Waals surface area contributed by atoms with Crippen molar-refractivity contribution in [2.75, 3.05) is 13.2 Å². The zero-order valence-electron chi connectivity index (χ0n) is 14.3. The largest absolute Gasteiger partial charge is 0.347 e. The molecule has 0 aliphatic carbocycles. The molecule has 0 amide bonds. The minimum absolute atomic E-state index is 0.179. The third-order valence-corrected chi connectivity index (χ3v) is 4.42. The van der Waals surface area contributed by atoms with E-state index in [1.54, 1.807) is 6.20 Å². The van der Waals surface area contributed by atoms with Crippen LogP contribution in [0.15, 0.2) is 43.0 Å². The highest BCUT2D eigenvalue weighted by atomic mass is 16.7. The molecule has 0 N–H and O–H groups in total. The SMILES string of the molecule is CC(C)(C)c1ccc(CC2(CCn3ccnc3)OCCO2)cc1. The van der Waals surface area contributed by atoms with Crippen LogP contribution < -0.4 is 0 Å². The Kier molecular flexibility index (Phi) is 4.55. The van der Waals surface area contributed by atoms with E-state index in [0.717, 1.165) is 19.4 Å². The van der Waals surface area contributed by atoms with Crippen molar-refractivity contribution >= 4 is 0 Å². The van der Waals surface area contributed by atoms with Gasteiger partial charge in [-0.2, -0.15) is 0 Å². The molecule has 4 heteroatoms. The number of imidazole rings is 1. The molecule has 3 rings (SSSR count). The molecule has 0 spiro atoms. The summed E-state index contributed by atoms with van der Waals surface area (Å²) in [6, 6.07) is 8.83. The van der Waals surface area contributed by atoms with Crippen LogP contribution in [0.1, 0.15) is 38.3 Å². The van der Waals surface area contributed by atoms with Crippen LogP contribution in [0.25, 0.3) is 0 Å². The molecule has 0 radical (unpaired) electrons. The first kappa shape index (κ1) is 16.2. The number of rotatable bonds is 5. The summed E-state index contributed by atoms with van der Waals surface area (Å²) in [5, 5.41) is 0. The first-order valence-electron chi connectivity index (χ1n) is 8.30. The summed E-state index contributed by atoms with van der Waals surface area (Å²) >= 11 is 0. The number of hydrogen-bond acceptors (Lipinski definition) is 3. The van der Waals surface area contributed by atoms with Crippen LogP contribution in [0.4, 0.5) is 0 Å². The first-order valence-corrected chi connectivity index (χ1v) is 8.30. The summed E-state index contributed by atoms with van der Waals surface area (Å²) in [6.45, 7) is 8.89. The van der Waals surface area contributed by atoms with Crippen molar-refractivity contribution in [3.05, 3.63) is 54.1 Å². The topological polar surface area (TPSA) is 36.3 Å². The maximum atomic E-state index is 5.98. The predicted molar refractivity (Wildman–Crippen MR) is 90.3 cm³/mol. The Labute approximate surface area is 138 Å². The molecule has 4 nitrogen and oxygen atoms in total. The van der Waals surface area contributed by atoms with E-state index < -0.39 is 5.79 Å². The number of aryl methyl sites for hydroxylation is 1. The lowest BCUT2D eigenvalue weighted by Crippen LogP contribution is -2.34. The van der Waals surface area contributed by atoms with Crippen LogP contribution in [0.5, 0.6) is 0 Å². The molecule has 1 fully saturated rings. The van der Waals surface area contributed by atoms with Crippen LogP contribution in [-0.4, -0.2) is 28.6 Å². The van der Waals surface area contributed by atoms with Crippen LogP contribution in [0, 0.1) is 0 Å². The normalized spacial score (nSPS) is 17.5. The van der Waals surface area contributed by atoms with Gasteiger partial charge in [0.2, 0.25) is 0 Å². The molecule has 1 aromatic heterocycles. The van der Waals surface area contributed by atoms with E-state index in [-0.39, 0.29) is 5.41 Å². The smallest absolute Gasteiger partial charge is 0.174 e. The van der Waals surface area contributed by atoms with Gasteiger partial charge < -0.3 is 14.0 Å². The van der Waals surface area contributed by atoms with E-state index in [9.17, 15) is 0 Å². The summed E-state index contributed by atoms with van der Waals surface area (Å²) in [6.07, 6.45) is 7.21. The van der Waals surface area contributed by atoms with Crippen LogP contribution in [0.3, 0.4) is 0 Å². The molecule has 2 aromatic rings. The predicted octanol–water partition coefficient (Wildman–Crippen LogP) is 3.56. The molecule has 1 saturated heterocycles. The standard InChI is InChI=1S/C19H26N2O2/c1-18(2,3)17-6-4-16(5-7-17)14-19(22-12-13-23-19)8-10-21-11-9-20-15-21/h4-7,9,11,15H,8,10,12-14H2,1-3H3. The lowest BCUT2D eigenvalue weighted by molar-refractivity contribution is -0.162. The number of benzene rings is 1. The maximum absolute atomic E-state index is 5.98. The number of hydrogen-bond donors (Lipinski definition) is 0. The van der Waals surface area contributed by atoms with Crippen molar-refractivity contribution in [3.8, 4) is 0 Å². The van der Waals surface area contributed by atoms with Gasteiger partial charge in [-0.05, 0) is 16.5 Å².